The van der Waals surface area contributed by atoms with Crippen LogP contribution in [0.1, 0.15) is 51.9 Å². The van der Waals surface area contributed by atoms with Crippen LogP contribution in [0.4, 0.5) is 5.69 Å². The average Bonchev–Trinajstić information content (AvgIpc) is 3.25. The standard InChI is InChI=1S/C21H30N2O3S/c1-15-8-10-23(11-9-15)27(25,26)20-6-4-19(5-7-20)22-21(24)14-18-13-16-2-3-17(18)12-16/h4-7,15-18H,2-3,8-14H2,1H3,(H,22,24)/t16-,17+,18-/m0/s1. The van der Waals surface area contributed by atoms with Gasteiger partial charge in [0.2, 0.25) is 15.9 Å². The van der Waals surface area contributed by atoms with E-state index >= 15 is 0 Å². The second-order valence-electron chi connectivity index (χ2n) is 8.80. The lowest BCUT2D eigenvalue weighted by molar-refractivity contribution is -0.117. The Hall–Kier alpha value is -1.40. The Morgan fingerprint density at radius 2 is 1.78 bits per heavy atom. The van der Waals surface area contributed by atoms with Crippen molar-refractivity contribution in [1.82, 2.24) is 4.31 Å². The number of hydrogen-bond acceptors (Lipinski definition) is 3. The molecule has 1 saturated heterocycles. The molecule has 148 valence electrons. The van der Waals surface area contributed by atoms with Crippen molar-refractivity contribution in [2.75, 3.05) is 18.4 Å². The van der Waals surface area contributed by atoms with Gasteiger partial charge in [-0.3, -0.25) is 4.79 Å². The maximum Gasteiger partial charge on any atom is 0.243 e. The maximum atomic E-state index is 12.8. The van der Waals surface area contributed by atoms with Gasteiger partial charge in [0.05, 0.1) is 4.90 Å². The van der Waals surface area contributed by atoms with Gasteiger partial charge in [-0.05, 0) is 80.0 Å². The Balaban J connectivity index is 1.35. The van der Waals surface area contributed by atoms with E-state index in [1.165, 1.54) is 25.7 Å². The first-order valence-corrected chi connectivity index (χ1v) is 11.8. The van der Waals surface area contributed by atoms with E-state index < -0.39 is 10.0 Å². The van der Waals surface area contributed by atoms with Crippen molar-refractivity contribution in [2.24, 2.45) is 23.7 Å². The monoisotopic (exact) mass is 390 g/mol. The molecule has 3 aliphatic rings. The zero-order valence-electron chi connectivity index (χ0n) is 16.1. The first kappa shape index (κ1) is 18.9. The number of sulfonamides is 1. The molecule has 1 amide bonds. The zero-order chi connectivity index (χ0) is 19.0. The van der Waals surface area contributed by atoms with Gasteiger partial charge in [-0.2, -0.15) is 4.31 Å². The molecule has 3 atom stereocenters. The van der Waals surface area contributed by atoms with E-state index in [2.05, 4.69) is 12.2 Å². The normalized spacial score (nSPS) is 29.1. The third-order valence-corrected chi connectivity index (χ3v) is 8.76. The molecule has 5 nitrogen and oxygen atoms in total. The molecule has 2 bridgehead atoms. The van der Waals surface area contributed by atoms with Crippen molar-refractivity contribution in [3.8, 4) is 0 Å². The summed E-state index contributed by atoms with van der Waals surface area (Å²) in [6.45, 7) is 3.34. The van der Waals surface area contributed by atoms with Crippen LogP contribution in [0.5, 0.6) is 0 Å². The highest BCUT2D eigenvalue weighted by Gasteiger charge is 2.40. The van der Waals surface area contributed by atoms with Crippen molar-refractivity contribution in [3.63, 3.8) is 0 Å². The second kappa shape index (κ2) is 7.55. The highest BCUT2D eigenvalue weighted by atomic mass is 32.2. The van der Waals surface area contributed by atoms with E-state index in [1.54, 1.807) is 28.6 Å². The number of fused-ring (bicyclic) bond motifs is 2. The summed E-state index contributed by atoms with van der Waals surface area (Å²) in [6.07, 6.45) is 7.54. The van der Waals surface area contributed by atoms with E-state index in [-0.39, 0.29) is 5.91 Å². The van der Waals surface area contributed by atoms with Crippen LogP contribution in [-0.2, 0) is 14.8 Å². The summed E-state index contributed by atoms with van der Waals surface area (Å²) < 4.78 is 27.1. The molecule has 0 spiro atoms. The van der Waals surface area contributed by atoms with Gasteiger partial charge in [0.15, 0.2) is 0 Å². The summed E-state index contributed by atoms with van der Waals surface area (Å²) >= 11 is 0. The summed E-state index contributed by atoms with van der Waals surface area (Å²) in [6, 6.07) is 6.64. The van der Waals surface area contributed by atoms with Crippen molar-refractivity contribution in [2.45, 2.75) is 56.8 Å². The Bertz CT molecular complexity index is 782. The van der Waals surface area contributed by atoms with Gasteiger partial charge in [0.25, 0.3) is 0 Å². The van der Waals surface area contributed by atoms with Crippen LogP contribution >= 0.6 is 0 Å². The van der Waals surface area contributed by atoms with Gasteiger partial charge in [-0.1, -0.05) is 13.3 Å². The molecule has 2 aliphatic carbocycles. The van der Waals surface area contributed by atoms with Gasteiger partial charge in [-0.25, -0.2) is 8.42 Å². The molecular weight excluding hydrogens is 360 g/mol. The van der Waals surface area contributed by atoms with Gasteiger partial charge >= 0.3 is 0 Å². The molecule has 0 radical (unpaired) electrons. The second-order valence-corrected chi connectivity index (χ2v) is 10.7. The van der Waals surface area contributed by atoms with Crippen LogP contribution in [-0.4, -0.2) is 31.7 Å². The van der Waals surface area contributed by atoms with Crippen molar-refractivity contribution in [3.05, 3.63) is 24.3 Å². The van der Waals surface area contributed by atoms with Gasteiger partial charge in [0, 0.05) is 25.2 Å². The van der Waals surface area contributed by atoms with E-state index in [9.17, 15) is 13.2 Å². The number of nitrogens with zero attached hydrogens (tertiary/aromatic N) is 1. The Morgan fingerprint density at radius 1 is 1.07 bits per heavy atom. The highest BCUT2D eigenvalue weighted by molar-refractivity contribution is 7.89. The molecular formula is C21H30N2O3S. The molecule has 4 rings (SSSR count). The lowest BCUT2D eigenvalue weighted by atomic mass is 9.86. The molecule has 1 aliphatic heterocycles. The van der Waals surface area contributed by atoms with Crippen LogP contribution in [0.25, 0.3) is 0 Å². The SMILES string of the molecule is CC1CCN(S(=O)(=O)c2ccc(NC(=O)C[C@@H]3C[C@H]4CC[C@@H]3C4)cc2)CC1. The smallest absolute Gasteiger partial charge is 0.243 e. The van der Waals surface area contributed by atoms with Crippen LogP contribution in [0.2, 0.25) is 0 Å². The minimum Gasteiger partial charge on any atom is -0.326 e. The minimum atomic E-state index is -3.43. The first-order chi connectivity index (χ1) is 12.9. The lowest BCUT2D eigenvalue weighted by Crippen LogP contribution is -2.37. The van der Waals surface area contributed by atoms with E-state index in [4.69, 9.17) is 0 Å². The van der Waals surface area contributed by atoms with E-state index in [0.29, 0.717) is 41.9 Å². The predicted octanol–water partition coefficient (Wildman–Crippen LogP) is 3.87. The lowest BCUT2D eigenvalue weighted by Gasteiger charge is -2.29. The fourth-order valence-electron chi connectivity index (χ4n) is 5.16. The molecule has 1 aromatic carbocycles. The molecule has 1 heterocycles. The number of nitrogens with one attached hydrogen (secondary N) is 1. The number of piperidine rings is 1. The minimum absolute atomic E-state index is 0.0492. The number of hydrogen-bond donors (Lipinski definition) is 1. The highest BCUT2D eigenvalue weighted by Crippen LogP contribution is 2.49. The number of carbonyl (C=O) groups excluding carboxylic acids is 1. The molecule has 27 heavy (non-hydrogen) atoms. The van der Waals surface area contributed by atoms with Gasteiger partial charge in [0.1, 0.15) is 0 Å². The molecule has 1 aromatic rings. The maximum absolute atomic E-state index is 12.8. The zero-order valence-corrected chi connectivity index (χ0v) is 16.9. The van der Waals surface area contributed by atoms with Gasteiger partial charge in [-0.15, -0.1) is 0 Å². The Morgan fingerprint density at radius 3 is 2.37 bits per heavy atom. The summed E-state index contributed by atoms with van der Waals surface area (Å²) in [5, 5.41) is 2.94. The average molecular weight is 391 g/mol. The summed E-state index contributed by atoms with van der Waals surface area (Å²) in [4.78, 5) is 12.7. The molecule has 3 fully saturated rings. The molecule has 0 unspecified atom stereocenters. The molecule has 0 aromatic heterocycles. The van der Waals surface area contributed by atoms with Crippen molar-refractivity contribution < 1.29 is 13.2 Å². The largest absolute Gasteiger partial charge is 0.326 e. The number of amides is 1. The quantitative estimate of drug-likeness (QED) is 0.830. The number of carbonyl (C=O) groups is 1. The van der Waals surface area contributed by atoms with Crippen LogP contribution in [0.15, 0.2) is 29.2 Å². The van der Waals surface area contributed by atoms with Crippen LogP contribution in [0, 0.1) is 23.7 Å². The number of rotatable bonds is 5. The van der Waals surface area contributed by atoms with Gasteiger partial charge < -0.3 is 5.32 Å². The van der Waals surface area contributed by atoms with Crippen molar-refractivity contribution >= 4 is 21.6 Å². The third kappa shape index (κ3) is 4.06. The number of anilines is 1. The molecule has 1 N–H and O–H groups in total. The summed E-state index contributed by atoms with van der Waals surface area (Å²) in [5.74, 6) is 2.75. The fourth-order valence-corrected chi connectivity index (χ4v) is 6.63. The molecule has 6 heteroatoms. The number of benzene rings is 1. The fraction of sp³-hybridized carbons (Fsp3) is 0.667. The van der Waals surface area contributed by atoms with E-state index in [1.807, 2.05) is 0 Å². The third-order valence-electron chi connectivity index (χ3n) is 6.85. The predicted molar refractivity (Wildman–Crippen MR) is 106 cm³/mol. The van der Waals surface area contributed by atoms with Crippen LogP contribution < -0.4 is 5.32 Å². The Labute approximate surface area is 162 Å². The summed E-state index contributed by atoms with van der Waals surface area (Å²) in [7, 11) is -3.43. The summed E-state index contributed by atoms with van der Waals surface area (Å²) in [5.41, 5.74) is 0.675. The first-order valence-electron chi connectivity index (χ1n) is 10.3. The van der Waals surface area contributed by atoms with E-state index in [0.717, 1.165) is 24.7 Å². The van der Waals surface area contributed by atoms with Crippen LogP contribution in [0.3, 0.4) is 0 Å². The molecule has 2 saturated carbocycles. The van der Waals surface area contributed by atoms with Crippen molar-refractivity contribution in [1.29, 1.82) is 0 Å². The topological polar surface area (TPSA) is 66.5 Å². The Kier molecular flexibility index (Phi) is 5.30.